The number of ether oxygens (including phenoxy) is 1. The summed E-state index contributed by atoms with van der Waals surface area (Å²) in [6.45, 7) is 3.20. The molecule has 1 aromatic carbocycles. The van der Waals surface area contributed by atoms with Crippen molar-refractivity contribution in [1.29, 1.82) is 0 Å². The number of amides is 1. The molecule has 3 N–H and O–H groups in total. The predicted molar refractivity (Wildman–Crippen MR) is 63.4 cm³/mol. The summed E-state index contributed by atoms with van der Waals surface area (Å²) < 4.78 is 18.7. The number of aldehydes is 1. The first-order valence-electron chi connectivity index (χ1n) is 5.29. The summed E-state index contributed by atoms with van der Waals surface area (Å²) in [5.41, 5.74) is 1.35. The third kappa shape index (κ3) is 3.27. The van der Waals surface area contributed by atoms with Crippen LogP contribution in [0.15, 0.2) is 18.2 Å². The second kappa shape index (κ2) is 5.59. The molecule has 0 aliphatic carbocycles. The minimum atomic E-state index is -0.884. The Kier molecular flexibility index (Phi) is 4.38. The molecule has 0 fully saturated rings. The van der Waals surface area contributed by atoms with Gasteiger partial charge in [0.2, 0.25) is 5.91 Å². The number of nitrogens with one attached hydrogen (secondary N) is 1. The van der Waals surface area contributed by atoms with Gasteiger partial charge in [0.1, 0.15) is 12.9 Å². The molecule has 0 unspecified atom stereocenters. The van der Waals surface area contributed by atoms with E-state index in [2.05, 4.69) is 0 Å². The van der Waals surface area contributed by atoms with Crippen LogP contribution in [0.25, 0.3) is 0 Å². The Balaban J connectivity index is 2.75. The van der Waals surface area contributed by atoms with Crippen molar-refractivity contribution in [2.75, 3.05) is 6.61 Å². The van der Waals surface area contributed by atoms with Crippen LogP contribution in [0.2, 0.25) is 0 Å². The van der Waals surface area contributed by atoms with Crippen LogP contribution in [0.5, 0.6) is 5.75 Å². The molecule has 0 saturated carbocycles. The van der Waals surface area contributed by atoms with Gasteiger partial charge < -0.3 is 4.74 Å². The van der Waals surface area contributed by atoms with Crippen molar-refractivity contribution >= 4 is 12.2 Å². The maximum Gasteiger partial charge on any atom is 0.242 e. The molecule has 0 bridgehead atoms. The van der Waals surface area contributed by atoms with Crippen LogP contribution >= 0.6 is 0 Å². The summed E-state index contributed by atoms with van der Waals surface area (Å²) in [5.74, 6) is 3.95. The van der Waals surface area contributed by atoms with Crippen molar-refractivity contribution < 1.29 is 18.7 Å². The maximum absolute atomic E-state index is 13.5. The van der Waals surface area contributed by atoms with Crippen LogP contribution in [-0.2, 0) is 4.79 Å². The van der Waals surface area contributed by atoms with Crippen molar-refractivity contribution in [3.05, 3.63) is 29.6 Å². The molecule has 1 aromatic rings. The van der Waals surface area contributed by atoms with Crippen LogP contribution in [0.3, 0.4) is 0 Å². The molecule has 1 rings (SSSR count). The van der Waals surface area contributed by atoms with E-state index in [-0.39, 0.29) is 17.9 Å². The minimum Gasteiger partial charge on any atom is -0.489 e. The standard InChI is InChI=1S/C12H15FN2O3/c1-12(2,11(17)15-14)7-18-10-4-3-8(6-16)5-9(10)13/h3-6H,7,14H2,1-2H3,(H,15,17). The fraction of sp³-hybridized carbons (Fsp3) is 0.333. The number of halogens is 1. The second-order valence-electron chi connectivity index (χ2n) is 4.45. The van der Waals surface area contributed by atoms with E-state index in [0.717, 1.165) is 6.07 Å². The van der Waals surface area contributed by atoms with E-state index >= 15 is 0 Å². The van der Waals surface area contributed by atoms with E-state index in [0.29, 0.717) is 6.29 Å². The topological polar surface area (TPSA) is 81.4 Å². The summed E-state index contributed by atoms with van der Waals surface area (Å²) >= 11 is 0. The largest absolute Gasteiger partial charge is 0.489 e. The van der Waals surface area contributed by atoms with E-state index in [1.165, 1.54) is 12.1 Å². The Morgan fingerprint density at radius 1 is 1.56 bits per heavy atom. The summed E-state index contributed by atoms with van der Waals surface area (Å²) in [6.07, 6.45) is 0.540. The van der Waals surface area contributed by atoms with Crippen LogP contribution in [-0.4, -0.2) is 18.8 Å². The Hall–Kier alpha value is -1.95. The number of hydrazine groups is 1. The van der Waals surface area contributed by atoms with Crippen LogP contribution < -0.4 is 16.0 Å². The Bertz CT molecular complexity index is 461. The van der Waals surface area contributed by atoms with Gasteiger partial charge in [-0.3, -0.25) is 15.0 Å². The Labute approximate surface area is 104 Å². The molecular weight excluding hydrogens is 239 g/mol. The first-order chi connectivity index (χ1) is 8.40. The first-order valence-corrected chi connectivity index (χ1v) is 5.29. The van der Waals surface area contributed by atoms with Crippen LogP contribution in [0.1, 0.15) is 24.2 Å². The number of benzene rings is 1. The van der Waals surface area contributed by atoms with Crippen molar-refractivity contribution in [1.82, 2.24) is 5.43 Å². The highest BCUT2D eigenvalue weighted by molar-refractivity contribution is 5.81. The average Bonchev–Trinajstić information content (AvgIpc) is 2.36. The highest BCUT2D eigenvalue weighted by Crippen LogP contribution is 2.22. The van der Waals surface area contributed by atoms with Gasteiger partial charge in [-0.25, -0.2) is 10.2 Å². The molecule has 6 heteroatoms. The molecule has 0 aliphatic rings. The summed E-state index contributed by atoms with van der Waals surface area (Å²) in [7, 11) is 0. The van der Waals surface area contributed by atoms with Gasteiger partial charge in [0.15, 0.2) is 11.6 Å². The molecule has 0 radical (unpaired) electrons. The molecule has 0 aliphatic heterocycles. The molecule has 0 spiro atoms. The van der Waals surface area contributed by atoms with E-state index < -0.39 is 17.1 Å². The van der Waals surface area contributed by atoms with E-state index in [9.17, 15) is 14.0 Å². The van der Waals surface area contributed by atoms with E-state index in [4.69, 9.17) is 10.6 Å². The molecule has 5 nitrogen and oxygen atoms in total. The van der Waals surface area contributed by atoms with Gasteiger partial charge >= 0.3 is 0 Å². The second-order valence-corrected chi connectivity index (χ2v) is 4.45. The third-order valence-corrected chi connectivity index (χ3v) is 2.43. The summed E-state index contributed by atoms with van der Waals surface area (Å²) in [5, 5.41) is 0. The van der Waals surface area contributed by atoms with E-state index in [1.807, 2.05) is 5.43 Å². The van der Waals surface area contributed by atoms with Gasteiger partial charge in [0.25, 0.3) is 0 Å². The number of nitrogens with two attached hydrogens (primary N) is 1. The van der Waals surface area contributed by atoms with Crippen molar-refractivity contribution in [2.45, 2.75) is 13.8 Å². The number of hydrogen-bond donors (Lipinski definition) is 2. The van der Waals surface area contributed by atoms with E-state index in [1.54, 1.807) is 13.8 Å². The summed E-state index contributed by atoms with van der Waals surface area (Å²) in [6, 6.07) is 3.84. The molecule has 0 aromatic heterocycles. The molecule has 0 atom stereocenters. The fourth-order valence-electron chi connectivity index (χ4n) is 1.23. The zero-order chi connectivity index (χ0) is 13.8. The van der Waals surface area contributed by atoms with Gasteiger partial charge in [0, 0.05) is 5.56 Å². The number of rotatable bonds is 5. The molecule has 18 heavy (non-hydrogen) atoms. The number of carbonyl (C=O) groups is 2. The summed E-state index contributed by atoms with van der Waals surface area (Å²) in [4.78, 5) is 21.8. The SMILES string of the molecule is CC(C)(COc1ccc(C=O)cc1F)C(=O)NN. The zero-order valence-corrected chi connectivity index (χ0v) is 10.2. The lowest BCUT2D eigenvalue weighted by molar-refractivity contribution is -0.130. The van der Waals surface area contributed by atoms with Gasteiger partial charge in [-0.05, 0) is 32.0 Å². The minimum absolute atomic E-state index is 0.0153. The fourth-order valence-corrected chi connectivity index (χ4v) is 1.23. The molecule has 1 amide bonds. The van der Waals surface area contributed by atoms with Gasteiger partial charge in [-0.1, -0.05) is 0 Å². The predicted octanol–water partition coefficient (Wildman–Crippen LogP) is 1.03. The number of carbonyl (C=O) groups excluding carboxylic acids is 2. The molecule has 0 saturated heterocycles. The molecule has 98 valence electrons. The Morgan fingerprint density at radius 2 is 2.22 bits per heavy atom. The molecular formula is C12H15FN2O3. The van der Waals surface area contributed by atoms with Crippen molar-refractivity contribution in [2.24, 2.45) is 11.3 Å². The normalized spacial score (nSPS) is 10.9. The van der Waals surface area contributed by atoms with Gasteiger partial charge in [-0.15, -0.1) is 0 Å². The van der Waals surface area contributed by atoms with Gasteiger partial charge in [0.05, 0.1) is 5.41 Å². The monoisotopic (exact) mass is 254 g/mol. The van der Waals surface area contributed by atoms with Crippen molar-refractivity contribution in [3.63, 3.8) is 0 Å². The zero-order valence-electron chi connectivity index (χ0n) is 10.2. The van der Waals surface area contributed by atoms with Crippen molar-refractivity contribution in [3.8, 4) is 5.75 Å². The third-order valence-electron chi connectivity index (χ3n) is 2.43. The average molecular weight is 254 g/mol. The van der Waals surface area contributed by atoms with Crippen LogP contribution in [0.4, 0.5) is 4.39 Å². The lowest BCUT2D eigenvalue weighted by Crippen LogP contribution is -2.44. The highest BCUT2D eigenvalue weighted by Gasteiger charge is 2.28. The highest BCUT2D eigenvalue weighted by atomic mass is 19.1. The van der Waals surface area contributed by atoms with Crippen LogP contribution in [0, 0.1) is 11.2 Å². The molecule has 0 heterocycles. The maximum atomic E-state index is 13.5. The lowest BCUT2D eigenvalue weighted by atomic mass is 9.94. The lowest BCUT2D eigenvalue weighted by Gasteiger charge is -2.22. The smallest absolute Gasteiger partial charge is 0.242 e. The van der Waals surface area contributed by atoms with Gasteiger partial charge in [-0.2, -0.15) is 0 Å². The number of hydrogen-bond acceptors (Lipinski definition) is 4. The first kappa shape index (κ1) is 14.1. The Morgan fingerprint density at radius 3 is 2.72 bits per heavy atom. The quantitative estimate of drug-likeness (QED) is 0.356.